The van der Waals surface area contributed by atoms with E-state index in [-0.39, 0.29) is 41.2 Å². The van der Waals surface area contributed by atoms with Crippen molar-refractivity contribution in [3.05, 3.63) is 52.4 Å². The van der Waals surface area contributed by atoms with Gasteiger partial charge in [-0.3, -0.25) is 9.59 Å². The van der Waals surface area contributed by atoms with Gasteiger partial charge in [-0.25, -0.2) is 19.7 Å². The lowest BCUT2D eigenvalue weighted by molar-refractivity contribution is -0.138. The summed E-state index contributed by atoms with van der Waals surface area (Å²) in [6, 6.07) is 7.65. The van der Waals surface area contributed by atoms with Gasteiger partial charge in [0.15, 0.2) is 0 Å². The number of carboxylic acid groups (broad SMARTS) is 1. The molecule has 38 heavy (non-hydrogen) atoms. The van der Waals surface area contributed by atoms with Gasteiger partial charge in [0.25, 0.3) is 0 Å². The monoisotopic (exact) mass is 577 g/mol. The molecule has 11 nitrogen and oxygen atoms in total. The van der Waals surface area contributed by atoms with E-state index in [4.69, 9.17) is 5.73 Å². The van der Waals surface area contributed by atoms with E-state index in [1.165, 1.54) is 12.4 Å². The summed E-state index contributed by atoms with van der Waals surface area (Å²) >= 11 is 3.31. The first-order chi connectivity index (χ1) is 18.1. The van der Waals surface area contributed by atoms with Crippen molar-refractivity contribution in [1.29, 1.82) is 0 Å². The molecule has 6 rings (SSSR count). The fraction of sp³-hybridized carbons (Fsp3) is 0.308. The van der Waals surface area contributed by atoms with Crippen LogP contribution in [0.3, 0.4) is 0 Å². The predicted molar refractivity (Wildman–Crippen MR) is 143 cm³/mol. The molecular formula is C26H24BrN7O4. The number of fused-ring (bicyclic) bond motifs is 4. The number of carboxylic acids is 1. The maximum atomic E-state index is 13.9. The zero-order chi connectivity index (χ0) is 26.9. The standard InChI is InChI=1S/C26H24BrN7O4/c1-12-6-13(25(37)38)7-14-20-22(28)29-11-30-23(20)33(21(12)14)10-19(35)34-15(8-26(2)9-16(26)34)24(36)32-18-5-3-4-17(27)31-18/h3-7,11,15-16H,8-10H2,1-2H3,(H,37,38)(H2,28,29,30)(H,31,32,36)/t15-,16+,26-/m0/s1. The highest BCUT2D eigenvalue weighted by Gasteiger charge is 2.64. The maximum absolute atomic E-state index is 13.9. The van der Waals surface area contributed by atoms with Gasteiger partial charge in [-0.2, -0.15) is 0 Å². The van der Waals surface area contributed by atoms with Crippen LogP contribution in [-0.2, 0) is 16.1 Å². The zero-order valence-electron chi connectivity index (χ0n) is 20.6. The summed E-state index contributed by atoms with van der Waals surface area (Å²) in [7, 11) is 0. The number of anilines is 2. The zero-order valence-corrected chi connectivity index (χ0v) is 22.2. The Morgan fingerprint density at radius 3 is 2.76 bits per heavy atom. The van der Waals surface area contributed by atoms with Gasteiger partial charge in [0.05, 0.1) is 16.5 Å². The Hall–Kier alpha value is -4.06. The minimum Gasteiger partial charge on any atom is -0.478 e. The molecule has 3 aromatic heterocycles. The lowest BCUT2D eigenvalue weighted by atomic mass is 10.0. The number of carbonyl (C=O) groups is 3. The smallest absolute Gasteiger partial charge is 0.335 e. The molecule has 4 aromatic rings. The summed E-state index contributed by atoms with van der Waals surface area (Å²) in [5.74, 6) is -0.976. The Kier molecular flexibility index (Phi) is 5.42. The van der Waals surface area contributed by atoms with Gasteiger partial charge in [-0.05, 0) is 70.9 Å². The number of aryl methyl sites for hydroxylation is 1. The molecule has 3 atom stereocenters. The number of likely N-dealkylation sites (tertiary alicyclic amines) is 1. The van der Waals surface area contributed by atoms with Crippen molar-refractivity contribution in [2.75, 3.05) is 11.1 Å². The van der Waals surface area contributed by atoms with E-state index < -0.39 is 12.0 Å². The van der Waals surface area contributed by atoms with Crippen molar-refractivity contribution >= 4 is 67.3 Å². The summed E-state index contributed by atoms with van der Waals surface area (Å²) in [6.07, 6.45) is 2.72. The summed E-state index contributed by atoms with van der Waals surface area (Å²) in [4.78, 5) is 53.4. The molecule has 12 heteroatoms. The van der Waals surface area contributed by atoms with Gasteiger partial charge < -0.3 is 25.6 Å². The Morgan fingerprint density at radius 2 is 2.03 bits per heavy atom. The van der Waals surface area contributed by atoms with Crippen molar-refractivity contribution in [3.63, 3.8) is 0 Å². The summed E-state index contributed by atoms with van der Waals surface area (Å²) in [5.41, 5.74) is 7.94. The maximum Gasteiger partial charge on any atom is 0.335 e. The molecule has 4 N–H and O–H groups in total. The first-order valence-electron chi connectivity index (χ1n) is 12.1. The summed E-state index contributed by atoms with van der Waals surface area (Å²) < 4.78 is 2.34. The average molecular weight is 578 g/mol. The van der Waals surface area contributed by atoms with E-state index in [1.54, 1.807) is 40.7 Å². The Morgan fingerprint density at radius 1 is 1.24 bits per heavy atom. The van der Waals surface area contributed by atoms with E-state index in [9.17, 15) is 19.5 Å². The SMILES string of the molecule is Cc1cc(C(=O)O)cc2c3c(N)ncnc3n(CC(=O)N3[C@H](C(=O)Nc4cccc(Br)n4)C[C@@]4(C)C[C@@H]34)c12. The molecule has 194 valence electrons. The number of hydrogen-bond acceptors (Lipinski definition) is 7. The van der Waals surface area contributed by atoms with Gasteiger partial charge in [-0.15, -0.1) is 0 Å². The molecule has 0 spiro atoms. The number of aromatic nitrogens is 4. The lowest BCUT2D eigenvalue weighted by Gasteiger charge is -2.27. The summed E-state index contributed by atoms with van der Waals surface area (Å²) in [6.45, 7) is 3.79. The molecule has 2 amide bonds. The molecular weight excluding hydrogens is 554 g/mol. The number of hydrogen-bond donors (Lipinski definition) is 3. The molecule has 2 fully saturated rings. The van der Waals surface area contributed by atoms with E-state index >= 15 is 0 Å². The number of pyridine rings is 1. The van der Waals surface area contributed by atoms with E-state index in [0.29, 0.717) is 44.3 Å². The van der Waals surface area contributed by atoms with Crippen LogP contribution in [0.4, 0.5) is 11.6 Å². The third-order valence-electron chi connectivity index (χ3n) is 7.68. The van der Waals surface area contributed by atoms with Crippen molar-refractivity contribution in [2.45, 2.75) is 45.3 Å². The van der Waals surface area contributed by atoms with Crippen molar-refractivity contribution in [3.8, 4) is 0 Å². The van der Waals surface area contributed by atoms with Crippen molar-refractivity contribution in [2.24, 2.45) is 5.41 Å². The molecule has 1 aliphatic carbocycles. The molecule has 0 bridgehead atoms. The average Bonchev–Trinajstić information content (AvgIpc) is 3.25. The molecule has 1 aromatic carbocycles. The number of nitrogens with one attached hydrogen (secondary N) is 1. The number of nitrogen functional groups attached to an aromatic ring is 1. The van der Waals surface area contributed by atoms with Gasteiger partial charge in [0.1, 0.15) is 40.8 Å². The Bertz CT molecular complexity index is 1690. The second kappa shape index (κ2) is 8.48. The lowest BCUT2D eigenvalue weighted by Crippen LogP contribution is -2.46. The van der Waals surface area contributed by atoms with Crippen LogP contribution < -0.4 is 11.1 Å². The van der Waals surface area contributed by atoms with Crippen LogP contribution in [-0.4, -0.2) is 59.4 Å². The van der Waals surface area contributed by atoms with E-state index in [0.717, 1.165) is 6.42 Å². The number of piperidine rings is 1. The van der Waals surface area contributed by atoms with Gasteiger partial charge in [0.2, 0.25) is 11.8 Å². The first kappa shape index (κ1) is 24.3. The molecule has 0 unspecified atom stereocenters. The van der Waals surface area contributed by atoms with Crippen LogP contribution in [0.25, 0.3) is 21.9 Å². The second-order valence-corrected chi connectivity index (χ2v) is 11.1. The van der Waals surface area contributed by atoms with Crippen molar-refractivity contribution in [1.82, 2.24) is 24.4 Å². The van der Waals surface area contributed by atoms with E-state index in [2.05, 4.69) is 43.1 Å². The second-order valence-electron chi connectivity index (χ2n) is 10.3. The van der Waals surface area contributed by atoms with Crippen LogP contribution in [0.2, 0.25) is 0 Å². The number of nitrogens with zero attached hydrogens (tertiary/aromatic N) is 5. The number of nitrogens with two attached hydrogens (primary N) is 1. The molecule has 1 saturated heterocycles. The largest absolute Gasteiger partial charge is 0.478 e. The fourth-order valence-corrected chi connectivity index (χ4v) is 6.17. The number of benzene rings is 1. The normalized spacial score (nSPS) is 22.0. The summed E-state index contributed by atoms with van der Waals surface area (Å²) in [5, 5.41) is 13.5. The number of aromatic carboxylic acids is 1. The Labute approximate surface area is 225 Å². The number of carbonyl (C=O) groups excluding carboxylic acids is 2. The number of halogens is 1. The number of amides is 2. The minimum absolute atomic E-state index is 0.0336. The molecule has 2 aliphatic rings. The van der Waals surface area contributed by atoms with Gasteiger partial charge >= 0.3 is 5.97 Å². The van der Waals surface area contributed by atoms with Gasteiger partial charge in [0, 0.05) is 11.4 Å². The topological polar surface area (TPSA) is 156 Å². The molecule has 1 saturated carbocycles. The van der Waals surface area contributed by atoms with Crippen LogP contribution >= 0.6 is 15.9 Å². The predicted octanol–water partition coefficient (Wildman–Crippen LogP) is 3.35. The number of rotatable bonds is 5. The highest BCUT2D eigenvalue weighted by molar-refractivity contribution is 9.10. The Balaban J connectivity index is 1.38. The first-order valence-corrected chi connectivity index (χ1v) is 12.9. The van der Waals surface area contributed by atoms with Crippen LogP contribution in [0.5, 0.6) is 0 Å². The third kappa shape index (κ3) is 3.78. The van der Waals surface area contributed by atoms with Crippen LogP contribution in [0.15, 0.2) is 41.3 Å². The molecule has 1 aliphatic heterocycles. The van der Waals surface area contributed by atoms with E-state index in [1.807, 2.05) is 0 Å². The van der Waals surface area contributed by atoms with Crippen LogP contribution in [0.1, 0.15) is 35.7 Å². The highest BCUT2D eigenvalue weighted by Crippen LogP contribution is 2.59. The van der Waals surface area contributed by atoms with Gasteiger partial charge in [-0.1, -0.05) is 13.0 Å². The third-order valence-corrected chi connectivity index (χ3v) is 8.13. The quantitative estimate of drug-likeness (QED) is 0.305. The fourth-order valence-electron chi connectivity index (χ4n) is 5.83. The van der Waals surface area contributed by atoms with Crippen LogP contribution in [0, 0.1) is 12.3 Å². The molecule has 0 radical (unpaired) electrons. The minimum atomic E-state index is -1.07. The molecule has 4 heterocycles. The van der Waals surface area contributed by atoms with Crippen molar-refractivity contribution < 1.29 is 19.5 Å². The highest BCUT2D eigenvalue weighted by atomic mass is 79.9.